The Morgan fingerprint density at radius 3 is 2.75 bits per heavy atom. The number of nitrogens with zero attached hydrogens (tertiary/aromatic N) is 1. The Morgan fingerprint density at radius 2 is 2.38 bits per heavy atom. The smallest absolute Gasteiger partial charge is 0.0658 e. The second-order valence-electron chi connectivity index (χ2n) is 2.00. The number of dihydropyridines is 1. The number of aliphatic imine (C=N–C) groups is 1. The SMILES string of the molecule is CC1N=CC=CC1N. The van der Waals surface area contributed by atoms with E-state index in [9.17, 15) is 0 Å². The maximum Gasteiger partial charge on any atom is 0.0658 e. The van der Waals surface area contributed by atoms with Crippen LogP contribution in [0.2, 0.25) is 0 Å². The van der Waals surface area contributed by atoms with Gasteiger partial charge in [0.15, 0.2) is 0 Å². The van der Waals surface area contributed by atoms with Gasteiger partial charge in [0.05, 0.1) is 6.04 Å². The lowest BCUT2D eigenvalue weighted by atomic mass is 10.1. The molecular formula is C6H10N2. The van der Waals surface area contributed by atoms with Crippen molar-refractivity contribution in [3.05, 3.63) is 12.2 Å². The summed E-state index contributed by atoms with van der Waals surface area (Å²) in [5.74, 6) is 0. The Kier molecular flexibility index (Phi) is 1.44. The summed E-state index contributed by atoms with van der Waals surface area (Å²) in [5.41, 5.74) is 5.58. The molecule has 0 aromatic rings. The van der Waals surface area contributed by atoms with Crippen molar-refractivity contribution in [1.29, 1.82) is 0 Å². The Labute approximate surface area is 49.1 Å². The molecule has 8 heavy (non-hydrogen) atoms. The molecule has 0 aromatic heterocycles. The van der Waals surface area contributed by atoms with E-state index in [4.69, 9.17) is 5.73 Å². The van der Waals surface area contributed by atoms with E-state index in [0.717, 1.165) is 0 Å². The van der Waals surface area contributed by atoms with Gasteiger partial charge in [-0.2, -0.15) is 0 Å². The van der Waals surface area contributed by atoms with Gasteiger partial charge in [0.1, 0.15) is 0 Å². The van der Waals surface area contributed by atoms with E-state index in [1.54, 1.807) is 6.21 Å². The third kappa shape index (κ3) is 0.954. The number of allylic oxidation sites excluding steroid dienone is 1. The molecule has 0 saturated carbocycles. The van der Waals surface area contributed by atoms with Crippen LogP contribution in [0.4, 0.5) is 0 Å². The number of nitrogens with two attached hydrogens (primary N) is 1. The van der Waals surface area contributed by atoms with Crippen molar-refractivity contribution in [2.45, 2.75) is 19.0 Å². The Bertz CT molecular complexity index is 110. The Balaban J connectivity index is 2.59. The first-order valence-corrected chi connectivity index (χ1v) is 2.76. The van der Waals surface area contributed by atoms with Crippen molar-refractivity contribution in [2.75, 3.05) is 0 Å². The molecule has 1 rings (SSSR count). The first-order valence-electron chi connectivity index (χ1n) is 2.76. The van der Waals surface area contributed by atoms with Gasteiger partial charge in [0.2, 0.25) is 0 Å². The second-order valence-corrected chi connectivity index (χ2v) is 2.00. The van der Waals surface area contributed by atoms with Gasteiger partial charge in [-0.1, -0.05) is 6.08 Å². The Hall–Kier alpha value is -0.630. The summed E-state index contributed by atoms with van der Waals surface area (Å²) in [6.45, 7) is 2.00. The molecule has 1 heterocycles. The molecule has 2 atom stereocenters. The van der Waals surface area contributed by atoms with Gasteiger partial charge >= 0.3 is 0 Å². The summed E-state index contributed by atoms with van der Waals surface area (Å²) >= 11 is 0. The van der Waals surface area contributed by atoms with E-state index in [2.05, 4.69) is 4.99 Å². The molecule has 0 aromatic carbocycles. The zero-order valence-corrected chi connectivity index (χ0v) is 4.91. The van der Waals surface area contributed by atoms with Gasteiger partial charge < -0.3 is 5.73 Å². The highest BCUT2D eigenvalue weighted by Gasteiger charge is 2.07. The highest BCUT2D eigenvalue weighted by atomic mass is 14.8. The van der Waals surface area contributed by atoms with Crippen LogP contribution in [-0.2, 0) is 0 Å². The van der Waals surface area contributed by atoms with E-state index in [1.807, 2.05) is 19.1 Å². The largest absolute Gasteiger partial charge is 0.323 e. The molecule has 2 nitrogen and oxygen atoms in total. The van der Waals surface area contributed by atoms with Crippen LogP contribution in [0.1, 0.15) is 6.92 Å². The quantitative estimate of drug-likeness (QED) is 0.480. The number of hydrogen-bond acceptors (Lipinski definition) is 2. The molecule has 0 radical (unpaired) electrons. The van der Waals surface area contributed by atoms with Crippen LogP contribution < -0.4 is 5.73 Å². The fourth-order valence-electron chi connectivity index (χ4n) is 0.624. The summed E-state index contributed by atoms with van der Waals surface area (Å²) in [6.07, 6.45) is 5.62. The van der Waals surface area contributed by atoms with Gasteiger partial charge in [-0.25, -0.2) is 0 Å². The lowest BCUT2D eigenvalue weighted by molar-refractivity contribution is 0.650. The molecular weight excluding hydrogens is 100 g/mol. The van der Waals surface area contributed by atoms with E-state index in [0.29, 0.717) is 0 Å². The molecule has 0 fully saturated rings. The highest BCUT2D eigenvalue weighted by Crippen LogP contribution is 1.99. The number of rotatable bonds is 0. The van der Waals surface area contributed by atoms with E-state index < -0.39 is 0 Å². The van der Waals surface area contributed by atoms with Gasteiger partial charge in [0.25, 0.3) is 0 Å². The van der Waals surface area contributed by atoms with Crippen LogP contribution in [0, 0.1) is 0 Å². The lowest BCUT2D eigenvalue weighted by Crippen LogP contribution is -2.30. The third-order valence-corrected chi connectivity index (χ3v) is 1.30. The zero-order valence-electron chi connectivity index (χ0n) is 4.91. The monoisotopic (exact) mass is 110 g/mol. The van der Waals surface area contributed by atoms with E-state index >= 15 is 0 Å². The minimum absolute atomic E-state index is 0.125. The minimum atomic E-state index is 0.125. The van der Waals surface area contributed by atoms with Crippen LogP contribution in [0.25, 0.3) is 0 Å². The Morgan fingerprint density at radius 1 is 1.62 bits per heavy atom. The van der Waals surface area contributed by atoms with Crippen molar-refractivity contribution < 1.29 is 0 Å². The molecule has 1 aliphatic rings. The van der Waals surface area contributed by atoms with Gasteiger partial charge in [-0.3, -0.25) is 4.99 Å². The molecule has 2 heteroatoms. The first-order chi connectivity index (χ1) is 3.80. The summed E-state index contributed by atoms with van der Waals surface area (Å²) in [4.78, 5) is 4.07. The molecule has 2 N–H and O–H groups in total. The van der Waals surface area contributed by atoms with Crippen molar-refractivity contribution in [1.82, 2.24) is 0 Å². The van der Waals surface area contributed by atoms with Gasteiger partial charge in [-0.15, -0.1) is 0 Å². The van der Waals surface area contributed by atoms with Crippen LogP contribution in [0.15, 0.2) is 17.1 Å². The number of hydrogen-bond donors (Lipinski definition) is 1. The van der Waals surface area contributed by atoms with E-state index in [1.165, 1.54) is 0 Å². The fraction of sp³-hybridized carbons (Fsp3) is 0.500. The van der Waals surface area contributed by atoms with Gasteiger partial charge in [0, 0.05) is 12.3 Å². The van der Waals surface area contributed by atoms with Crippen molar-refractivity contribution >= 4 is 6.21 Å². The van der Waals surface area contributed by atoms with E-state index in [-0.39, 0.29) is 12.1 Å². The van der Waals surface area contributed by atoms with Gasteiger partial charge in [-0.05, 0) is 13.0 Å². The van der Waals surface area contributed by atoms with Crippen LogP contribution >= 0.6 is 0 Å². The fourth-order valence-corrected chi connectivity index (χ4v) is 0.624. The summed E-state index contributed by atoms with van der Waals surface area (Å²) in [6, 6.07) is 0.389. The molecule has 0 aliphatic carbocycles. The first kappa shape index (κ1) is 5.51. The van der Waals surface area contributed by atoms with Crippen molar-refractivity contribution in [2.24, 2.45) is 10.7 Å². The summed E-state index contributed by atoms with van der Waals surface area (Å²) in [5, 5.41) is 0. The van der Waals surface area contributed by atoms with Crippen LogP contribution in [0.3, 0.4) is 0 Å². The molecule has 0 saturated heterocycles. The summed E-state index contributed by atoms with van der Waals surface area (Å²) < 4.78 is 0. The summed E-state index contributed by atoms with van der Waals surface area (Å²) in [7, 11) is 0. The molecule has 1 aliphatic heterocycles. The molecule has 2 unspecified atom stereocenters. The zero-order chi connectivity index (χ0) is 5.98. The lowest BCUT2D eigenvalue weighted by Gasteiger charge is -2.13. The van der Waals surface area contributed by atoms with Crippen LogP contribution in [-0.4, -0.2) is 18.3 Å². The highest BCUT2D eigenvalue weighted by molar-refractivity contribution is 5.72. The topological polar surface area (TPSA) is 38.4 Å². The van der Waals surface area contributed by atoms with Crippen molar-refractivity contribution in [3.63, 3.8) is 0 Å². The molecule has 0 amide bonds. The predicted octanol–water partition coefficient (Wildman–Crippen LogP) is 0.343. The average Bonchev–Trinajstić information content (AvgIpc) is 1.77. The second kappa shape index (κ2) is 2.09. The molecule has 44 valence electrons. The normalized spacial score (nSPS) is 35.8. The maximum atomic E-state index is 5.58. The molecule has 0 bridgehead atoms. The standard InChI is InChI=1S/C6H10N2/c1-5-6(7)3-2-4-8-5/h2-6H,7H2,1H3. The molecule has 0 spiro atoms. The minimum Gasteiger partial charge on any atom is -0.323 e. The maximum absolute atomic E-state index is 5.58. The van der Waals surface area contributed by atoms with Crippen molar-refractivity contribution in [3.8, 4) is 0 Å². The third-order valence-electron chi connectivity index (χ3n) is 1.30. The predicted molar refractivity (Wildman–Crippen MR) is 35.1 cm³/mol. The average molecular weight is 110 g/mol. The van der Waals surface area contributed by atoms with Crippen LogP contribution in [0.5, 0.6) is 0 Å².